The van der Waals surface area contributed by atoms with Crippen LogP contribution in [0.1, 0.15) is 46.0 Å². The normalized spacial score (nSPS) is 19.2. The van der Waals surface area contributed by atoms with Crippen molar-refractivity contribution in [2.24, 2.45) is 5.92 Å². The molecule has 1 amide bonds. The molecule has 0 saturated carbocycles. The number of hydrogen-bond donors (Lipinski definition) is 1. The maximum atomic E-state index is 12.8. The zero-order valence-corrected chi connectivity index (χ0v) is 17.2. The number of anilines is 2. The summed E-state index contributed by atoms with van der Waals surface area (Å²) in [6.45, 7) is 7.62. The Labute approximate surface area is 168 Å². The van der Waals surface area contributed by atoms with E-state index in [-0.39, 0.29) is 23.8 Å². The summed E-state index contributed by atoms with van der Waals surface area (Å²) in [5, 5.41) is 3.32. The molecule has 2 saturated heterocycles. The van der Waals surface area contributed by atoms with Crippen LogP contribution in [0.3, 0.4) is 0 Å². The van der Waals surface area contributed by atoms with Crippen LogP contribution in [0, 0.1) is 5.92 Å². The average molecular weight is 388 g/mol. The Bertz CT molecular complexity index is 647. The number of amides is 1. The van der Waals surface area contributed by atoms with Crippen LogP contribution in [0.5, 0.6) is 0 Å². The summed E-state index contributed by atoms with van der Waals surface area (Å²) in [5.41, 5.74) is 2.22. The average Bonchev–Trinajstić information content (AvgIpc) is 2.74. The molecule has 1 N–H and O–H groups in total. The van der Waals surface area contributed by atoms with Crippen LogP contribution in [0.15, 0.2) is 24.3 Å². The van der Waals surface area contributed by atoms with Crippen LogP contribution in [0.2, 0.25) is 0 Å². The van der Waals surface area contributed by atoms with Crippen LogP contribution in [0.25, 0.3) is 0 Å². The molecule has 0 radical (unpaired) electrons. The number of carbonyl (C=O) groups is 2. The molecule has 0 aliphatic carbocycles. The van der Waals surface area contributed by atoms with Gasteiger partial charge >= 0.3 is 5.97 Å². The van der Waals surface area contributed by atoms with Gasteiger partial charge in [-0.25, -0.2) is 0 Å². The highest BCUT2D eigenvalue weighted by Crippen LogP contribution is 2.23. The Kier molecular flexibility index (Phi) is 7.18. The third kappa shape index (κ3) is 5.18. The van der Waals surface area contributed by atoms with Gasteiger partial charge in [0, 0.05) is 37.6 Å². The molecule has 1 atom stereocenters. The van der Waals surface area contributed by atoms with Gasteiger partial charge in [-0.1, -0.05) is 0 Å². The minimum atomic E-state index is -0.292. The van der Waals surface area contributed by atoms with Crippen molar-refractivity contribution in [3.63, 3.8) is 0 Å². The molecule has 6 heteroatoms. The number of ether oxygens (including phenoxy) is 1. The van der Waals surface area contributed by atoms with Gasteiger partial charge in [-0.2, -0.15) is 0 Å². The molecule has 2 aliphatic rings. The number of likely N-dealkylation sites (tertiary alicyclic amines) is 1. The lowest BCUT2D eigenvalue weighted by Gasteiger charge is -2.33. The molecule has 1 aromatic carbocycles. The summed E-state index contributed by atoms with van der Waals surface area (Å²) in [6.07, 6.45) is 5.22. The Morgan fingerprint density at radius 3 is 2.32 bits per heavy atom. The molecular weight excluding hydrogens is 354 g/mol. The zero-order chi connectivity index (χ0) is 19.9. The van der Waals surface area contributed by atoms with Crippen LogP contribution in [-0.4, -0.2) is 55.6 Å². The zero-order valence-electron chi connectivity index (χ0n) is 17.2. The maximum Gasteiger partial charge on any atom is 0.309 e. The molecule has 28 heavy (non-hydrogen) atoms. The lowest BCUT2D eigenvalue weighted by atomic mass is 9.96. The fourth-order valence-corrected chi connectivity index (χ4v) is 4.10. The van der Waals surface area contributed by atoms with Crippen molar-refractivity contribution < 1.29 is 14.3 Å². The summed E-state index contributed by atoms with van der Waals surface area (Å²) in [5.74, 6) is -0.119. The molecule has 154 valence electrons. The van der Waals surface area contributed by atoms with Crippen molar-refractivity contribution in [1.82, 2.24) is 4.90 Å². The second-order valence-electron chi connectivity index (χ2n) is 7.81. The maximum absolute atomic E-state index is 12.8. The predicted molar refractivity (Wildman–Crippen MR) is 112 cm³/mol. The topological polar surface area (TPSA) is 61.9 Å². The molecule has 1 unspecified atom stereocenters. The number of esters is 1. The number of piperidine rings is 2. The van der Waals surface area contributed by atoms with Crippen molar-refractivity contribution in [3.8, 4) is 0 Å². The van der Waals surface area contributed by atoms with Crippen LogP contribution in [0.4, 0.5) is 11.4 Å². The first-order chi connectivity index (χ1) is 13.6. The molecule has 1 aromatic rings. The van der Waals surface area contributed by atoms with E-state index in [0.717, 1.165) is 18.8 Å². The Balaban J connectivity index is 1.48. The smallest absolute Gasteiger partial charge is 0.309 e. The third-order valence-electron chi connectivity index (χ3n) is 5.77. The van der Waals surface area contributed by atoms with E-state index < -0.39 is 0 Å². The minimum absolute atomic E-state index is 0.0744. The highest BCUT2D eigenvalue weighted by atomic mass is 16.5. The molecular formula is C22H33N3O3. The van der Waals surface area contributed by atoms with Crippen molar-refractivity contribution >= 4 is 23.3 Å². The van der Waals surface area contributed by atoms with Crippen molar-refractivity contribution in [3.05, 3.63) is 24.3 Å². The van der Waals surface area contributed by atoms with Gasteiger partial charge < -0.3 is 19.9 Å². The summed E-state index contributed by atoms with van der Waals surface area (Å²) < 4.78 is 5.10. The monoisotopic (exact) mass is 387 g/mol. The van der Waals surface area contributed by atoms with E-state index in [9.17, 15) is 9.59 Å². The molecule has 3 rings (SSSR count). The van der Waals surface area contributed by atoms with E-state index in [2.05, 4.69) is 34.5 Å². The number of carbonyl (C=O) groups excluding carboxylic acids is 2. The van der Waals surface area contributed by atoms with Gasteiger partial charge in [0.15, 0.2) is 0 Å². The highest BCUT2D eigenvalue weighted by Gasteiger charge is 2.30. The first-order valence-electron chi connectivity index (χ1n) is 10.7. The molecule has 2 aliphatic heterocycles. The van der Waals surface area contributed by atoms with Gasteiger partial charge in [0.2, 0.25) is 5.91 Å². The fourth-order valence-electron chi connectivity index (χ4n) is 4.10. The van der Waals surface area contributed by atoms with Gasteiger partial charge in [-0.15, -0.1) is 0 Å². The fraction of sp³-hybridized carbons (Fsp3) is 0.636. The molecule has 2 heterocycles. The third-order valence-corrected chi connectivity index (χ3v) is 5.77. The summed E-state index contributed by atoms with van der Waals surface area (Å²) >= 11 is 0. The minimum Gasteiger partial charge on any atom is -0.466 e. The molecule has 2 fully saturated rings. The number of nitrogens with one attached hydrogen (secondary N) is 1. The van der Waals surface area contributed by atoms with E-state index in [4.69, 9.17) is 4.74 Å². The first kappa shape index (κ1) is 20.5. The second kappa shape index (κ2) is 9.80. The predicted octanol–water partition coefficient (Wildman–Crippen LogP) is 3.28. The molecule has 6 nitrogen and oxygen atoms in total. The van der Waals surface area contributed by atoms with Gasteiger partial charge in [0.1, 0.15) is 6.04 Å². The standard InChI is InChI=1S/C22H33N3O3/c1-3-28-22(27)18-11-15-25(16-12-18)21(26)17(2)23-19-7-9-20(10-8-19)24-13-5-4-6-14-24/h7-10,17-18,23H,3-6,11-16H2,1-2H3. The van der Waals surface area contributed by atoms with Gasteiger partial charge in [-0.05, 0) is 70.2 Å². The highest BCUT2D eigenvalue weighted by molar-refractivity contribution is 5.84. The van der Waals surface area contributed by atoms with Gasteiger partial charge in [0.25, 0.3) is 0 Å². The van der Waals surface area contributed by atoms with Gasteiger partial charge in [-0.3, -0.25) is 9.59 Å². The van der Waals surface area contributed by atoms with E-state index in [0.29, 0.717) is 32.5 Å². The molecule has 0 aromatic heterocycles. The van der Waals surface area contributed by atoms with Crippen LogP contribution < -0.4 is 10.2 Å². The number of nitrogens with zero attached hydrogens (tertiary/aromatic N) is 2. The lowest BCUT2D eigenvalue weighted by Crippen LogP contribution is -2.46. The van der Waals surface area contributed by atoms with E-state index in [1.54, 1.807) is 0 Å². The summed E-state index contributed by atoms with van der Waals surface area (Å²) in [4.78, 5) is 28.9. The lowest BCUT2D eigenvalue weighted by molar-refractivity contribution is -0.151. The number of hydrogen-bond acceptors (Lipinski definition) is 5. The first-order valence-corrected chi connectivity index (χ1v) is 10.7. The summed E-state index contributed by atoms with van der Waals surface area (Å²) in [7, 11) is 0. The van der Waals surface area contributed by atoms with Crippen LogP contribution >= 0.6 is 0 Å². The van der Waals surface area contributed by atoms with E-state index in [1.807, 2.05) is 18.7 Å². The summed E-state index contributed by atoms with van der Waals surface area (Å²) in [6, 6.07) is 8.09. The van der Waals surface area contributed by atoms with Crippen molar-refractivity contribution in [2.45, 2.75) is 52.0 Å². The van der Waals surface area contributed by atoms with Crippen molar-refractivity contribution in [1.29, 1.82) is 0 Å². The largest absolute Gasteiger partial charge is 0.466 e. The quantitative estimate of drug-likeness (QED) is 0.759. The Morgan fingerprint density at radius 1 is 1.07 bits per heavy atom. The van der Waals surface area contributed by atoms with E-state index >= 15 is 0 Å². The molecule has 0 spiro atoms. The Morgan fingerprint density at radius 2 is 1.71 bits per heavy atom. The van der Waals surface area contributed by atoms with Gasteiger partial charge in [0.05, 0.1) is 12.5 Å². The van der Waals surface area contributed by atoms with Crippen LogP contribution in [-0.2, 0) is 14.3 Å². The SMILES string of the molecule is CCOC(=O)C1CCN(C(=O)C(C)Nc2ccc(N3CCCCC3)cc2)CC1. The molecule has 0 bridgehead atoms. The number of benzene rings is 1. The van der Waals surface area contributed by atoms with E-state index in [1.165, 1.54) is 24.9 Å². The van der Waals surface area contributed by atoms with Crippen molar-refractivity contribution in [2.75, 3.05) is 43.0 Å². The second-order valence-corrected chi connectivity index (χ2v) is 7.81. The Hall–Kier alpha value is -2.24. The number of rotatable bonds is 6.